The van der Waals surface area contributed by atoms with Crippen LogP contribution in [0.25, 0.3) is 0 Å². The molecule has 0 saturated carbocycles. The van der Waals surface area contributed by atoms with Crippen molar-refractivity contribution in [3.8, 4) is 0 Å². The van der Waals surface area contributed by atoms with Gasteiger partial charge >= 0.3 is 0 Å². The van der Waals surface area contributed by atoms with Gasteiger partial charge in [0.15, 0.2) is 0 Å². The Labute approximate surface area is 120 Å². The van der Waals surface area contributed by atoms with Crippen molar-refractivity contribution >= 4 is 17.5 Å². The fourth-order valence-corrected chi connectivity index (χ4v) is 2.00. The van der Waals surface area contributed by atoms with Crippen molar-refractivity contribution in [3.05, 3.63) is 34.9 Å². The lowest BCUT2D eigenvalue weighted by atomic mass is 10.1. The molecule has 0 aliphatic carbocycles. The Morgan fingerprint density at radius 3 is 2.42 bits per heavy atom. The molecule has 0 radical (unpaired) electrons. The molecule has 0 aliphatic rings. The van der Waals surface area contributed by atoms with Crippen molar-refractivity contribution in [2.45, 2.75) is 52.2 Å². The highest BCUT2D eigenvalue weighted by Gasteiger charge is 2.20. The second-order valence-corrected chi connectivity index (χ2v) is 6.34. The Kier molecular flexibility index (Phi) is 5.39. The smallest absolute Gasteiger partial charge is 0.237 e. The molecule has 2 atom stereocenters. The number of rotatable bonds is 4. The van der Waals surface area contributed by atoms with Crippen LogP contribution in [0.15, 0.2) is 24.3 Å². The topological polar surface area (TPSA) is 41.1 Å². The van der Waals surface area contributed by atoms with Crippen LogP contribution in [0, 0.1) is 0 Å². The minimum Gasteiger partial charge on any atom is -0.350 e. The van der Waals surface area contributed by atoms with E-state index in [2.05, 4.69) is 10.6 Å². The standard InChI is InChI=1S/C15H23ClN2O/c1-10(12-7-6-8-13(16)9-12)17-11(2)14(19)18-15(3,4)5/h6-11,17H,1-5H3,(H,18,19). The molecule has 1 amide bonds. The summed E-state index contributed by atoms with van der Waals surface area (Å²) in [7, 11) is 0. The molecule has 106 valence electrons. The fraction of sp³-hybridized carbons (Fsp3) is 0.533. The highest BCUT2D eigenvalue weighted by molar-refractivity contribution is 6.30. The van der Waals surface area contributed by atoms with Gasteiger partial charge in [0.1, 0.15) is 0 Å². The number of benzene rings is 1. The van der Waals surface area contributed by atoms with E-state index in [1.54, 1.807) is 0 Å². The Morgan fingerprint density at radius 2 is 1.89 bits per heavy atom. The van der Waals surface area contributed by atoms with Gasteiger partial charge in [0.25, 0.3) is 0 Å². The average molecular weight is 283 g/mol. The van der Waals surface area contributed by atoms with E-state index >= 15 is 0 Å². The number of hydrogen-bond acceptors (Lipinski definition) is 2. The number of carbonyl (C=O) groups is 1. The summed E-state index contributed by atoms with van der Waals surface area (Å²) in [4.78, 5) is 12.0. The number of halogens is 1. The minimum absolute atomic E-state index is 0.00128. The van der Waals surface area contributed by atoms with Crippen LogP contribution in [0.2, 0.25) is 5.02 Å². The molecule has 1 rings (SSSR count). The summed E-state index contributed by atoms with van der Waals surface area (Å²) < 4.78 is 0. The first-order valence-corrected chi connectivity index (χ1v) is 6.90. The largest absolute Gasteiger partial charge is 0.350 e. The van der Waals surface area contributed by atoms with Crippen LogP contribution in [0.1, 0.15) is 46.2 Å². The third-order valence-corrected chi connectivity index (χ3v) is 2.98. The Bertz CT molecular complexity index is 440. The first kappa shape index (κ1) is 16.0. The zero-order valence-electron chi connectivity index (χ0n) is 12.3. The van der Waals surface area contributed by atoms with E-state index in [-0.39, 0.29) is 23.5 Å². The van der Waals surface area contributed by atoms with E-state index in [0.29, 0.717) is 5.02 Å². The molecule has 0 aromatic heterocycles. The Morgan fingerprint density at radius 1 is 1.26 bits per heavy atom. The number of amides is 1. The van der Waals surface area contributed by atoms with Crippen molar-refractivity contribution in [2.75, 3.05) is 0 Å². The molecule has 4 heteroatoms. The van der Waals surface area contributed by atoms with Crippen LogP contribution in [0.3, 0.4) is 0 Å². The summed E-state index contributed by atoms with van der Waals surface area (Å²) >= 11 is 5.97. The maximum absolute atomic E-state index is 12.0. The van der Waals surface area contributed by atoms with Gasteiger partial charge in [-0.1, -0.05) is 23.7 Å². The molecule has 0 bridgehead atoms. The van der Waals surface area contributed by atoms with E-state index in [4.69, 9.17) is 11.6 Å². The number of hydrogen-bond donors (Lipinski definition) is 2. The van der Waals surface area contributed by atoms with Gasteiger partial charge in [-0.15, -0.1) is 0 Å². The van der Waals surface area contributed by atoms with Crippen LogP contribution in [-0.2, 0) is 4.79 Å². The summed E-state index contributed by atoms with van der Waals surface area (Å²) in [5.74, 6) is 0.00128. The summed E-state index contributed by atoms with van der Waals surface area (Å²) in [5, 5.41) is 6.94. The zero-order chi connectivity index (χ0) is 14.6. The van der Waals surface area contributed by atoms with Crippen molar-refractivity contribution in [1.82, 2.24) is 10.6 Å². The monoisotopic (exact) mass is 282 g/mol. The molecule has 0 saturated heterocycles. The molecule has 1 aromatic rings. The van der Waals surface area contributed by atoms with Crippen LogP contribution in [-0.4, -0.2) is 17.5 Å². The number of nitrogens with one attached hydrogen (secondary N) is 2. The molecule has 19 heavy (non-hydrogen) atoms. The fourth-order valence-electron chi connectivity index (χ4n) is 1.80. The van der Waals surface area contributed by atoms with Gasteiger partial charge in [-0.05, 0) is 52.3 Å². The first-order chi connectivity index (χ1) is 8.69. The van der Waals surface area contributed by atoms with E-state index < -0.39 is 0 Å². The van der Waals surface area contributed by atoms with E-state index in [0.717, 1.165) is 5.56 Å². The lowest BCUT2D eigenvalue weighted by Crippen LogP contribution is -2.49. The molecule has 1 aromatic carbocycles. The van der Waals surface area contributed by atoms with Gasteiger partial charge in [-0.3, -0.25) is 10.1 Å². The lowest BCUT2D eigenvalue weighted by molar-refractivity contribution is -0.124. The van der Waals surface area contributed by atoms with Crippen LogP contribution >= 0.6 is 11.6 Å². The van der Waals surface area contributed by atoms with Crippen molar-refractivity contribution in [1.29, 1.82) is 0 Å². The van der Waals surface area contributed by atoms with Gasteiger partial charge < -0.3 is 5.32 Å². The maximum Gasteiger partial charge on any atom is 0.237 e. The van der Waals surface area contributed by atoms with Gasteiger partial charge in [0.05, 0.1) is 6.04 Å². The summed E-state index contributed by atoms with van der Waals surface area (Å²) in [6.45, 7) is 9.79. The normalized spacial score (nSPS) is 14.8. The molecule has 3 nitrogen and oxygen atoms in total. The second kappa shape index (κ2) is 6.40. The highest BCUT2D eigenvalue weighted by atomic mass is 35.5. The van der Waals surface area contributed by atoms with Gasteiger partial charge in [0, 0.05) is 16.6 Å². The minimum atomic E-state index is -0.256. The van der Waals surface area contributed by atoms with Crippen molar-refractivity contribution < 1.29 is 4.79 Å². The molecule has 2 N–H and O–H groups in total. The lowest BCUT2D eigenvalue weighted by Gasteiger charge is -2.25. The molecule has 0 aliphatic heterocycles. The molecule has 0 heterocycles. The number of carbonyl (C=O) groups excluding carboxylic acids is 1. The molecular weight excluding hydrogens is 260 g/mol. The molecule has 0 spiro atoms. The summed E-state index contributed by atoms with van der Waals surface area (Å²) in [6.07, 6.45) is 0. The zero-order valence-corrected chi connectivity index (χ0v) is 13.0. The van der Waals surface area contributed by atoms with Crippen LogP contribution in [0.4, 0.5) is 0 Å². The molecule has 2 unspecified atom stereocenters. The molecular formula is C15H23ClN2O. The predicted octanol–water partition coefficient (Wildman–Crippen LogP) is 3.29. The third kappa shape index (κ3) is 5.62. The predicted molar refractivity (Wildman–Crippen MR) is 80.4 cm³/mol. The maximum atomic E-state index is 12.0. The van der Waals surface area contributed by atoms with Crippen molar-refractivity contribution in [3.63, 3.8) is 0 Å². The van der Waals surface area contributed by atoms with E-state index in [1.165, 1.54) is 0 Å². The summed E-state index contributed by atoms with van der Waals surface area (Å²) in [5.41, 5.74) is 0.856. The Balaban J connectivity index is 2.61. The van der Waals surface area contributed by atoms with E-state index in [9.17, 15) is 4.79 Å². The van der Waals surface area contributed by atoms with Crippen LogP contribution < -0.4 is 10.6 Å². The van der Waals surface area contributed by atoms with Crippen molar-refractivity contribution in [2.24, 2.45) is 0 Å². The second-order valence-electron chi connectivity index (χ2n) is 5.90. The summed E-state index contributed by atoms with van der Waals surface area (Å²) in [6, 6.07) is 7.47. The highest BCUT2D eigenvalue weighted by Crippen LogP contribution is 2.17. The first-order valence-electron chi connectivity index (χ1n) is 6.52. The van der Waals surface area contributed by atoms with Crippen LogP contribution in [0.5, 0.6) is 0 Å². The average Bonchev–Trinajstić information content (AvgIpc) is 2.26. The van der Waals surface area contributed by atoms with Gasteiger partial charge in [0.2, 0.25) is 5.91 Å². The van der Waals surface area contributed by atoms with Gasteiger partial charge in [-0.25, -0.2) is 0 Å². The van der Waals surface area contributed by atoms with E-state index in [1.807, 2.05) is 58.9 Å². The quantitative estimate of drug-likeness (QED) is 0.890. The SMILES string of the molecule is CC(NC(C)c1cccc(Cl)c1)C(=O)NC(C)(C)C. The third-order valence-electron chi connectivity index (χ3n) is 2.74. The van der Waals surface area contributed by atoms with Gasteiger partial charge in [-0.2, -0.15) is 0 Å². The molecule has 0 fully saturated rings. The Hall–Kier alpha value is -1.06.